The van der Waals surface area contributed by atoms with Gasteiger partial charge in [0.15, 0.2) is 0 Å². The second kappa shape index (κ2) is 4.95. The highest BCUT2D eigenvalue weighted by Crippen LogP contribution is 2.16. The van der Waals surface area contributed by atoms with Gasteiger partial charge < -0.3 is 4.90 Å². The SMILES string of the molecule is CC1CC(=O)N(CCCC(=O)NN)C1. The van der Waals surface area contributed by atoms with Crippen LogP contribution >= 0.6 is 0 Å². The van der Waals surface area contributed by atoms with Crippen LogP contribution in [-0.2, 0) is 9.59 Å². The van der Waals surface area contributed by atoms with Gasteiger partial charge in [-0.1, -0.05) is 6.92 Å². The number of amides is 2. The predicted molar refractivity (Wildman–Crippen MR) is 51.9 cm³/mol. The molecule has 0 radical (unpaired) electrons. The minimum Gasteiger partial charge on any atom is -0.342 e. The summed E-state index contributed by atoms with van der Waals surface area (Å²) in [6.45, 7) is 3.55. The molecule has 5 nitrogen and oxygen atoms in total. The molecule has 1 aliphatic rings. The van der Waals surface area contributed by atoms with E-state index in [1.807, 2.05) is 4.90 Å². The Morgan fingerprint density at radius 2 is 2.43 bits per heavy atom. The van der Waals surface area contributed by atoms with E-state index in [9.17, 15) is 9.59 Å². The van der Waals surface area contributed by atoms with Crippen LogP contribution in [-0.4, -0.2) is 29.8 Å². The van der Waals surface area contributed by atoms with E-state index in [-0.39, 0.29) is 11.8 Å². The van der Waals surface area contributed by atoms with Gasteiger partial charge >= 0.3 is 0 Å². The Morgan fingerprint density at radius 1 is 1.71 bits per heavy atom. The largest absolute Gasteiger partial charge is 0.342 e. The first-order chi connectivity index (χ1) is 6.63. The zero-order valence-electron chi connectivity index (χ0n) is 8.45. The Morgan fingerprint density at radius 3 is 2.93 bits per heavy atom. The quantitative estimate of drug-likeness (QED) is 0.368. The van der Waals surface area contributed by atoms with E-state index in [0.29, 0.717) is 31.7 Å². The molecule has 1 aliphatic heterocycles. The number of likely N-dealkylation sites (tertiary alicyclic amines) is 1. The van der Waals surface area contributed by atoms with E-state index in [2.05, 4.69) is 12.3 Å². The Balaban J connectivity index is 2.19. The van der Waals surface area contributed by atoms with Crippen molar-refractivity contribution in [2.45, 2.75) is 26.2 Å². The smallest absolute Gasteiger partial charge is 0.233 e. The molecule has 0 aromatic rings. The van der Waals surface area contributed by atoms with Crippen molar-refractivity contribution < 1.29 is 9.59 Å². The molecule has 1 rings (SSSR count). The minimum absolute atomic E-state index is 0.176. The third kappa shape index (κ3) is 2.99. The first kappa shape index (κ1) is 11.0. The molecule has 3 N–H and O–H groups in total. The van der Waals surface area contributed by atoms with Gasteiger partial charge in [-0.2, -0.15) is 0 Å². The first-order valence-corrected chi connectivity index (χ1v) is 4.90. The lowest BCUT2D eigenvalue weighted by molar-refractivity contribution is -0.128. The zero-order chi connectivity index (χ0) is 10.6. The maximum atomic E-state index is 11.3. The summed E-state index contributed by atoms with van der Waals surface area (Å²) in [5, 5.41) is 0. The summed E-state index contributed by atoms with van der Waals surface area (Å²) in [6.07, 6.45) is 1.71. The van der Waals surface area contributed by atoms with Crippen molar-refractivity contribution in [1.29, 1.82) is 0 Å². The van der Waals surface area contributed by atoms with E-state index in [0.717, 1.165) is 6.54 Å². The Labute approximate surface area is 83.6 Å². The molecule has 1 heterocycles. The molecule has 0 spiro atoms. The summed E-state index contributed by atoms with van der Waals surface area (Å²) in [7, 11) is 0. The van der Waals surface area contributed by atoms with Crippen molar-refractivity contribution in [2.24, 2.45) is 11.8 Å². The summed E-state index contributed by atoms with van der Waals surface area (Å²) in [6, 6.07) is 0. The van der Waals surface area contributed by atoms with Crippen molar-refractivity contribution in [3.05, 3.63) is 0 Å². The fourth-order valence-corrected chi connectivity index (χ4v) is 1.69. The number of carbonyl (C=O) groups is 2. The van der Waals surface area contributed by atoms with Crippen LogP contribution in [0.2, 0.25) is 0 Å². The lowest BCUT2D eigenvalue weighted by atomic mass is 10.2. The van der Waals surface area contributed by atoms with E-state index < -0.39 is 0 Å². The second-order valence-electron chi connectivity index (χ2n) is 3.82. The number of hydrogen-bond acceptors (Lipinski definition) is 3. The van der Waals surface area contributed by atoms with Crippen molar-refractivity contribution in [3.8, 4) is 0 Å². The molecule has 0 bridgehead atoms. The Kier molecular flexibility index (Phi) is 3.88. The number of nitrogens with two attached hydrogens (primary N) is 1. The van der Waals surface area contributed by atoms with Crippen LogP contribution in [0.1, 0.15) is 26.2 Å². The van der Waals surface area contributed by atoms with Gasteiger partial charge in [0, 0.05) is 25.9 Å². The maximum absolute atomic E-state index is 11.3. The van der Waals surface area contributed by atoms with E-state index >= 15 is 0 Å². The average Bonchev–Trinajstić information content (AvgIpc) is 2.45. The first-order valence-electron chi connectivity index (χ1n) is 4.90. The van der Waals surface area contributed by atoms with Crippen molar-refractivity contribution in [3.63, 3.8) is 0 Å². The lowest BCUT2D eigenvalue weighted by Crippen LogP contribution is -2.31. The standard InChI is InChI=1S/C9H17N3O2/c1-7-5-9(14)12(6-7)4-2-3-8(13)11-10/h7H,2-6,10H2,1H3,(H,11,13). The summed E-state index contributed by atoms with van der Waals surface area (Å²) in [5.74, 6) is 5.41. The molecule has 1 unspecified atom stereocenters. The van der Waals surface area contributed by atoms with E-state index in [1.54, 1.807) is 0 Å². The van der Waals surface area contributed by atoms with Gasteiger partial charge in [0.05, 0.1) is 0 Å². The average molecular weight is 199 g/mol. The fourth-order valence-electron chi connectivity index (χ4n) is 1.69. The molecule has 14 heavy (non-hydrogen) atoms. The Bertz CT molecular complexity index is 230. The molecule has 0 aromatic carbocycles. The Hall–Kier alpha value is -1.10. The molecular weight excluding hydrogens is 182 g/mol. The highest BCUT2D eigenvalue weighted by atomic mass is 16.2. The van der Waals surface area contributed by atoms with Crippen LogP contribution < -0.4 is 11.3 Å². The molecule has 0 saturated carbocycles. The molecule has 5 heteroatoms. The molecule has 1 saturated heterocycles. The summed E-state index contributed by atoms with van der Waals surface area (Å²) in [5.41, 5.74) is 2.07. The second-order valence-corrected chi connectivity index (χ2v) is 3.82. The molecule has 1 fully saturated rings. The van der Waals surface area contributed by atoms with Crippen LogP contribution in [0.3, 0.4) is 0 Å². The van der Waals surface area contributed by atoms with Gasteiger partial charge in [-0.05, 0) is 12.3 Å². The zero-order valence-corrected chi connectivity index (χ0v) is 8.45. The third-order valence-corrected chi connectivity index (χ3v) is 2.40. The highest BCUT2D eigenvalue weighted by Gasteiger charge is 2.25. The topological polar surface area (TPSA) is 75.4 Å². The third-order valence-electron chi connectivity index (χ3n) is 2.40. The maximum Gasteiger partial charge on any atom is 0.233 e. The molecule has 80 valence electrons. The summed E-state index contributed by atoms with van der Waals surface area (Å²) in [4.78, 5) is 23.9. The van der Waals surface area contributed by atoms with Gasteiger partial charge in [0.25, 0.3) is 0 Å². The summed E-state index contributed by atoms with van der Waals surface area (Å²) < 4.78 is 0. The molecule has 1 atom stereocenters. The molecule has 2 amide bonds. The van der Waals surface area contributed by atoms with E-state index in [1.165, 1.54) is 0 Å². The number of nitrogens with one attached hydrogen (secondary N) is 1. The van der Waals surface area contributed by atoms with Gasteiger partial charge in [0.1, 0.15) is 0 Å². The van der Waals surface area contributed by atoms with E-state index in [4.69, 9.17) is 5.84 Å². The molecule has 0 aromatic heterocycles. The van der Waals surface area contributed by atoms with Crippen LogP contribution in [0.15, 0.2) is 0 Å². The van der Waals surface area contributed by atoms with Gasteiger partial charge in [0.2, 0.25) is 11.8 Å². The number of rotatable bonds is 4. The van der Waals surface area contributed by atoms with Crippen LogP contribution in [0.5, 0.6) is 0 Å². The predicted octanol–water partition coefficient (Wildman–Crippen LogP) is -0.375. The number of hydrazine groups is 1. The minimum atomic E-state index is -0.176. The van der Waals surface area contributed by atoms with Crippen molar-refractivity contribution >= 4 is 11.8 Å². The van der Waals surface area contributed by atoms with Gasteiger partial charge in [-0.15, -0.1) is 0 Å². The number of nitrogens with zero attached hydrogens (tertiary/aromatic N) is 1. The highest BCUT2D eigenvalue weighted by molar-refractivity contribution is 5.78. The van der Waals surface area contributed by atoms with Crippen LogP contribution in [0.4, 0.5) is 0 Å². The normalized spacial score (nSPS) is 21.4. The van der Waals surface area contributed by atoms with Crippen molar-refractivity contribution in [2.75, 3.05) is 13.1 Å². The molecular formula is C9H17N3O2. The van der Waals surface area contributed by atoms with Gasteiger partial charge in [-0.3, -0.25) is 15.0 Å². The van der Waals surface area contributed by atoms with Crippen molar-refractivity contribution in [1.82, 2.24) is 10.3 Å². The summed E-state index contributed by atoms with van der Waals surface area (Å²) >= 11 is 0. The van der Waals surface area contributed by atoms with Crippen LogP contribution in [0.25, 0.3) is 0 Å². The number of hydrogen-bond donors (Lipinski definition) is 2. The molecule has 0 aliphatic carbocycles. The lowest BCUT2D eigenvalue weighted by Gasteiger charge is -2.15. The van der Waals surface area contributed by atoms with Gasteiger partial charge in [-0.25, -0.2) is 5.84 Å². The van der Waals surface area contributed by atoms with Crippen LogP contribution in [0, 0.1) is 5.92 Å². The number of carbonyl (C=O) groups excluding carboxylic acids is 2. The monoisotopic (exact) mass is 199 g/mol. The fraction of sp³-hybridized carbons (Fsp3) is 0.778.